The molecule has 4 nitrogen and oxygen atoms in total. The number of aryl methyl sites for hydroxylation is 1. The second-order valence-corrected chi connectivity index (χ2v) is 3.25. The molecule has 1 aromatic carbocycles. The monoisotopic (exact) mass is 203 g/mol. The van der Waals surface area contributed by atoms with Crippen LogP contribution in [0, 0.1) is 6.92 Å². The summed E-state index contributed by atoms with van der Waals surface area (Å²) in [6.07, 6.45) is 0. The van der Waals surface area contributed by atoms with Crippen LogP contribution in [0.1, 0.15) is 15.9 Å². The summed E-state index contributed by atoms with van der Waals surface area (Å²) in [7, 11) is 0. The first-order chi connectivity index (χ1) is 7.11. The number of carbonyl (C=O) groups is 1. The van der Waals surface area contributed by atoms with Crippen LogP contribution in [0.2, 0.25) is 0 Å². The lowest BCUT2D eigenvalue weighted by atomic mass is 10.1. The maximum absolute atomic E-state index is 11.4. The van der Waals surface area contributed by atoms with Crippen LogP contribution in [-0.2, 0) is 0 Å². The van der Waals surface area contributed by atoms with Crippen LogP contribution in [0.15, 0.2) is 33.5 Å². The van der Waals surface area contributed by atoms with Crippen LogP contribution in [0.5, 0.6) is 0 Å². The quantitative estimate of drug-likeness (QED) is 0.707. The van der Waals surface area contributed by atoms with Gasteiger partial charge in [-0.25, -0.2) is 4.79 Å². The second kappa shape index (κ2) is 3.24. The van der Waals surface area contributed by atoms with E-state index in [1.807, 2.05) is 0 Å². The molecule has 0 atom stereocenters. The largest absolute Gasteiger partial charge is 0.422 e. The van der Waals surface area contributed by atoms with Crippen LogP contribution in [0.3, 0.4) is 0 Å². The first kappa shape index (κ1) is 9.45. The highest BCUT2D eigenvalue weighted by atomic mass is 16.4. The van der Waals surface area contributed by atoms with Gasteiger partial charge in [0, 0.05) is 5.39 Å². The summed E-state index contributed by atoms with van der Waals surface area (Å²) in [6, 6.07) is 7.02. The van der Waals surface area contributed by atoms with E-state index in [9.17, 15) is 9.59 Å². The van der Waals surface area contributed by atoms with Crippen LogP contribution in [-0.4, -0.2) is 5.91 Å². The maximum atomic E-state index is 11.4. The lowest BCUT2D eigenvalue weighted by Crippen LogP contribution is -2.22. The molecule has 76 valence electrons. The van der Waals surface area contributed by atoms with Crippen LogP contribution >= 0.6 is 0 Å². The van der Waals surface area contributed by atoms with Gasteiger partial charge in [-0.2, -0.15) is 0 Å². The Kier molecular flexibility index (Phi) is 2.04. The molecule has 0 aliphatic rings. The van der Waals surface area contributed by atoms with E-state index < -0.39 is 11.5 Å². The third kappa shape index (κ3) is 1.40. The number of carbonyl (C=O) groups excluding carboxylic acids is 1. The topological polar surface area (TPSA) is 73.3 Å². The lowest BCUT2D eigenvalue weighted by Gasteiger charge is -2.03. The summed E-state index contributed by atoms with van der Waals surface area (Å²) in [5.41, 5.74) is 5.38. The average molecular weight is 203 g/mol. The van der Waals surface area contributed by atoms with Crippen molar-refractivity contribution in [3.8, 4) is 0 Å². The van der Waals surface area contributed by atoms with Crippen molar-refractivity contribution in [1.82, 2.24) is 0 Å². The van der Waals surface area contributed by atoms with Gasteiger partial charge in [0.15, 0.2) is 0 Å². The van der Waals surface area contributed by atoms with Gasteiger partial charge in [0.2, 0.25) is 0 Å². The molecule has 0 unspecified atom stereocenters. The zero-order chi connectivity index (χ0) is 11.0. The minimum Gasteiger partial charge on any atom is -0.422 e. The van der Waals surface area contributed by atoms with Crippen LogP contribution in [0.25, 0.3) is 11.0 Å². The average Bonchev–Trinajstić information content (AvgIpc) is 2.17. The van der Waals surface area contributed by atoms with Crippen molar-refractivity contribution in [2.75, 3.05) is 0 Å². The molecule has 1 amide bonds. The molecule has 1 heterocycles. The summed E-state index contributed by atoms with van der Waals surface area (Å²) in [5, 5.41) is 0.728. The minimum atomic E-state index is -0.757. The molecule has 0 aliphatic carbocycles. The molecule has 0 saturated carbocycles. The summed E-state index contributed by atoms with van der Waals surface area (Å²) >= 11 is 0. The zero-order valence-corrected chi connectivity index (χ0v) is 8.11. The van der Waals surface area contributed by atoms with E-state index in [1.165, 1.54) is 0 Å². The van der Waals surface area contributed by atoms with E-state index in [4.69, 9.17) is 10.2 Å². The van der Waals surface area contributed by atoms with Crippen molar-refractivity contribution in [1.29, 1.82) is 0 Å². The van der Waals surface area contributed by atoms with Gasteiger partial charge >= 0.3 is 5.63 Å². The maximum Gasteiger partial charge on any atom is 0.349 e. The molecule has 0 radical (unpaired) electrons. The zero-order valence-electron chi connectivity index (χ0n) is 8.11. The molecule has 0 saturated heterocycles. The second-order valence-electron chi connectivity index (χ2n) is 3.25. The highest BCUT2D eigenvalue weighted by Gasteiger charge is 2.14. The number of rotatable bonds is 1. The molecule has 4 heteroatoms. The van der Waals surface area contributed by atoms with Gasteiger partial charge in [0.05, 0.1) is 0 Å². The molecule has 0 spiro atoms. The summed E-state index contributed by atoms with van der Waals surface area (Å²) in [6.45, 7) is 1.68. The fourth-order valence-electron chi connectivity index (χ4n) is 1.59. The van der Waals surface area contributed by atoms with E-state index in [-0.39, 0.29) is 5.56 Å². The Hall–Kier alpha value is -2.10. The van der Waals surface area contributed by atoms with E-state index in [0.717, 1.165) is 5.39 Å². The molecule has 15 heavy (non-hydrogen) atoms. The number of benzene rings is 1. The molecule has 2 aromatic rings. The Morgan fingerprint density at radius 3 is 2.67 bits per heavy atom. The SMILES string of the molecule is Cc1c(C(N)=O)c(=O)oc2ccccc12. The Morgan fingerprint density at radius 2 is 2.00 bits per heavy atom. The molecular weight excluding hydrogens is 194 g/mol. The predicted molar refractivity (Wildman–Crippen MR) is 55.7 cm³/mol. The number of nitrogens with two attached hydrogens (primary N) is 1. The Bertz CT molecular complexity index is 598. The normalized spacial score (nSPS) is 10.5. The van der Waals surface area contributed by atoms with Gasteiger partial charge in [0.25, 0.3) is 5.91 Å². The van der Waals surface area contributed by atoms with Gasteiger partial charge < -0.3 is 10.2 Å². The third-order valence-corrected chi connectivity index (χ3v) is 2.32. The number of hydrogen-bond donors (Lipinski definition) is 1. The van der Waals surface area contributed by atoms with Crippen molar-refractivity contribution in [2.45, 2.75) is 6.92 Å². The lowest BCUT2D eigenvalue weighted by molar-refractivity contribution is 0.0996. The predicted octanol–water partition coefficient (Wildman–Crippen LogP) is 1.20. The van der Waals surface area contributed by atoms with E-state index in [2.05, 4.69) is 0 Å². The van der Waals surface area contributed by atoms with Crippen molar-refractivity contribution >= 4 is 16.9 Å². The Morgan fingerprint density at radius 1 is 1.33 bits per heavy atom. The number of fused-ring (bicyclic) bond motifs is 1. The van der Waals surface area contributed by atoms with Crippen molar-refractivity contribution in [3.05, 3.63) is 45.8 Å². The van der Waals surface area contributed by atoms with Gasteiger partial charge in [-0.1, -0.05) is 18.2 Å². The molecule has 0 fully saturated rings. The fraction of sp³-hybridized carbons (Fsp3) is 0.0909. The summed E-state index contributed by atoms with van der Waals surface area (Å²) < 4.78 is 4.98. The first-order valence-corrected chi connectivity index (χ1v) is 4.43. The molecule has 1 aromatic heterocycles. The highest BCUT2D eigenvalue weighted by molar-refractivity contribution is 5.98. The highest BCUT2D eigenvalue weighted by Crippen LogP contribution is 2.18. The van der Waals surface area contributed by atoms with Gasteiger partial charge in [-0.3, -0.25) is 4.79 Å². The third-order valence-electron chi connectivity index (χ3n) is 2.32. The Balaban J connectivity index is 2.97. The number of amides is 1. The smallest absolute Gasteiger partial charge is 0.349 e. The first-order valence-electron chi connectivity index (χ1n) is 4.43. The molecular formula is C11H9NO3. The number of para-hydroxylation sites is 1. The minimum absolute atomic E-state index is 0.0753. The van der Waals surface area contributed by atoms with Crippen molar-refractivity contribution in [2.24, 2.45) is 5.73 Å². The fourth-order valence-corrected chi connectivity index (χ4v) is 1.59. The molecule has 2 N–H and O–H groups in total. The van der Waals surface area contributed by atoms with Crippen molar-refractivity contribution in [3.63, 3.8) is 0 Å². The summed E-state index contributed by atoms with van der Waals surface area (Å²) in [4.78, 5) is 22.5. The Labute approximate surface area is 85.3 Å². The van der Waals surface area contributed by atoms with E-state index in [0.29, 0.717) is 11.1 Å². The molecule has 0 aliphatic heterocycles. The summed E-state index contributed by atoms with van der Waals surface area (Å²) in [5.74, 6) is -0.757. The molecule has 2 rings (SSSR count). The number of hydrogen-bond acceptors (Lipinski definition) is 3. The van der Waals surface area contributed by atoms with Crippen LogP contribution in [0.4, 0.5) is 0 Å². The van der Waals surface area contributed by atoms with Gasteiger partial charge in [-0.15, -0.1) is 0 Å². The van der Waals surface area contributed by atoms with E-state index >= 15 is 0 Å². The standard InChI is InChI=1S/C11H9NO3/c1-6-7-4-2-3-5-8(7)15-11(14)9(6)10(12)13/h2-5H,1H3,(H2,12,13). The number of primary amides is 1. The molecule has 0 bridgehead atoms. The van der Waals surface area contributed by atoms with Crippen molar-refractivity contribution < 1.29 is 9.21 Å². The van der Waals surface area contributed by atoms with E-state index in [1.54, 1.807) is 31.2 Å². The van der Waals surface area contributed by atoms with Gasteiger partial charge in [0.1, 0.15) is 11.1 Å². The van der Waals surface area contributed by atoms with Gasteiger partial charge in [-0.05, 0) is 18.6 Å². The van der Waals surface area contributed by atoms with Crippen LogP contribution < -0.4 is 11.4 Å².